The second-order valence-electron chi connectivity index (χ2n) is 9.26. The number of imide groups is 1. The zero-order chi connectivity index (χ0) is 29.9. The van der Waals surface area contributed by atoms with Gasteiger partial charge in [-0.2, -0.15) is 0 Å². The highest BCUT2D eigenvalue weighted by atomic mass is 16.2. The number of primary amides is 1. The molecule has 4 aromatic carbocycles. The molecule has 0 aromatic heterocycles. The molecule has 0 fully saturated rings. The molecule has 4 rings (SSSR count). The van der Waals surface area contributed by atoms with Crippen LogP contribution in [0.25, 0.3) is 0 Å². The first kappa shape index (κ1) is 29.4. The van der Waals surface area contributed by atoms with Gasteiger partial charge < -0.3 is 5.73 Å². The molecule has 0 heterocycles. The molecule has 10 heteroatoms. The molecule has 0 unspecified atom stereocenters. The van der Waals surface area contributed by atoms with E-state index in [1.165, 1.54) is 12.1 Å². The standard InChI is InChI=1S/C32H29N5O5/c33-28(38)30(40)35-37(22-27(24-15-7-2-8-16-24)25-17-9-3-10-18-25)36(21-23-13-5-1-6-14-23)32(42)31(41)34-29(39)26-19-11-4-12-20-26/h1-20,27H,21-22H2,(H2,33,38)(H,35,40)(H,34,39,41). The van der Waals surface area contributed by atoms with Crippen molar-refractivity contribution < 1.29 is 24.0 Å². The van der Waals surface area contributed by atoms with Crippen molar-refractivity contribution in [2.45, 2.75) is 12.5 Å². The number of nitrogens with two attached hydrogens (primary N) is 1. The van der Waals surface area contributed by atoms with E-state index in [1.54, 1.807) is 48.5 Å². The molecule has 0 saturated heterocycles. The van der Waals surface area contributed by atoms with Crippen molar-refractivity contribution in [2.75, 3.05) is 6.54 Å². The molecular formula is C32H29N5O5. The summed E-state index contributed by atoms with van der Waals surface area (Å²) >= 11 is 0. The Kier molecular flexibility index (Phi) is 9.90. The summed E-state index contributed by atoms with van der Waals surface area (Å²) in [5, 5.41) is 4.18. The summed E-state index contributed by atoms with van der Waals surface area (Å²) in [6.07, 6.45) is 0. The molecule has 4 aromatic rings. The van der Waals surface area contributed by atoms with Gasteiger partial charge in [-0.1, -0.05) is 109 Å². The topological polar surface area (TPSA) is 142 Å². The number of carbonyl (C=O) groups is 5. The van der Waals surface area contributed by atoms with Gasteiger partial charge in [0.1, 0.15) is 0 Å². The molecule has 0 atom stereocenters. The summed E-state index contributed by atoms with van der Waals surface area (Å²) in [5.74, 6) is -6.05. The van der Waals surface area contributed by atoms with Gasteiger partial charge in [-0.25, -0.2) is 5.01 Å². The van der Waals surface area contributed by atoms with Gasteiger partial charge in [0.05, 0.1) is 13.1 Å². The zero-order valence-corrected chi connectivity index (χ0v) is 22.6. The van der Waals surface area contributed by atoms with Crippen molar-refractivity contribution in [2.24, 2.45) is 5.73 Å². The maximum absolute atomic E-state index is 13.7. The average Bonchev–Trinajstić information content (AvgIpc) is 3.03. The normalized spacial score (nSPS) is 10.6. The fraction of sp³-hybridized carbons (Fsp3) is 0.0938. The Hall–Kier alpha value is -5.61. The van der Waals surface area contributed by atoms with Crippen LogP contribution in [-0.4, -0.2) is 46.2 Å². The lowest BCUT2D eigenvalue weighted by Crippen LogP contribution is -2.60. The van der Waals surface area contributed by atoms with Gasteiger partial charge in [0.2, 0.25) is 0 Å². The highest BCUT2D eigenvalue weighted by Gasteiger charge is 2.33. The summed E-state index contributed by atoms with van der Waals surface area (Å²) in [4.78, 5) is 63.9. The highest BCUT2D eigenvalue weighted by Crippen LogP contribution is 2.26. The van der Waals surface area contributed by atoms with Crippen molar-refractivity contribution >= 4 is 29.5 Å². The maximum Gasteiger partial charge on any atom is 0.328 e. The summed E-state index contributed by atoms with van der Waals surface area (Å²) in [7, 11) is 0. The molecular weight excluding hydrogens is 534 g/mol. The number of hydrazine groups is 2. The van der Waals surface area contributed by atoms with E-state index in [1.807, 2.05) is 60.7 Å². The molecule has 0 aliphatic heterocycles. The summed E-state index contributed by atoms with van der Waals surface area (Å²) < 4.78 is 0. The van der Waals surface area contributed by atoms with Crippen molar-refractivity contribution in [1.82, 2.24) is 20.9 Å². The number of hydrogen-bond acceptors (Lipinski definition) is 6. The average molecular weight is 564 g/mol. The molecule has 0 radical (unpaired) electrons. The minimum atomic E-state index is -1.29. The van der Waals surface area contributed by atoms with Crippen LogP contribution in [0.15, 0.2) is 121 Å². The zero-order valence-electron chi connectivity index (χ0n) is 22.6. The Morgan fingerprint density at radius 1 is 0.643 bits per heavy atom. The number of amides is 5. The van der Waals surface area contributed by atoms with Gasteiger partial charge in [-0.05, 0) is 28.8 Å². The van der Waals surface area contributed by atoms with Crippen LogP contribution >= 0.6 is 0 Å². The van der Waals surface area contributed by atoms with E-state index in [0.717, 1.165) is 21.3 Å². The van der Waals surface area contributed by atoms with Crippen LogP contribution in [0.4, 0.5) is 0 Å². The van der Waals surface area contributed by atoms with Crippen LogP contribution in [0.5, 0.6) is 0 Å². The van der Waals surface area contributed by atoms with Crippen LogP contribution in [0.2, 0.25) is 0 Å². The lowest BCUT2D eigenvalue weighted by Gasteiger charge is -2.36. The Balaban J connectivity index is 1.73. The summed E-state index contributed by atoms with van der Waals surface area (Å²) in [5.41, 5.74) is 10.1. The Morgan fingerprint density at radius 3 is 1.62 bits per heavy atom. The van der Waals surface area contributed by atoms with Gasteiger partial charge in [0, 0.05) is 11.5 Å². The first-order valence-corrected chi connectivity index (χ1v) is 13.1. The van der Waals surface area contributed by atoms with Crippen LogP contribution < -0.4 is 16.5 Å². The SMILES string of the molecule is NC(=O)C(=O)NN(CC(c1ccccc1)c1ccccc1)N(Cc1ccccc1)C(=O)C(=O)NC(=O)c1ccccc1. The second-order valence-corrected chi connectivity index (χ2v) is 9.26. The number of carbonyl (C=O) groups excluding carboxylic acids is 5. The van der Waals surface area contributed by atoms with Crippen molar-refractivity contribution in [1.29, 1.82) is 0 Å². The van der Waals surface area contributed by atoms with E-state index >= 15 is 0 Å². The van der Waals surface area contributed by atoms with E-state index in [9.17, 15) is 24.0 Å². The van der Waals surface area contributed by atoms with Crippen LogP contribution in [-0.2, 0) is 25.7 Å². The maximum atomic E-state index is 13.7. The monoisotopic (exact) mass is 563 g/mol. The minimum Gasteiger partial charge on any atom is -0.361 e. The quantitative estimate of drug-likeness (QED) is 0.211. The summed E-state index contributed by atoms with van der Waals surface area (Å²) in [6.45, 7) is -0.256. The number of rotatable bonds is 9. The molecule has 0 aliphatic rings. The molecule has 5 amide bonds. The number of benzene rings is 4. The predicted octanol–water partition coefficient (Wildman–Crippen LogP) is 2.54. The number of nitrogens with one attached hydrogen (secondary N) is 2. The van der Waals surface area contributed by atoms with Crippen LogP contribution in [0, 0.1) is 0 Å². The van der Waals surface area contributed by atoms with Gasteiger partial charge in [0.15, 0.2) is 0 Å². The van der Waals surface area contributed by atoms with Gasteiger partial charge in [-0.3, -0.25) is 34.7 Å². The smallest absolute Gasteiger partial charge is 0.328 e. The van der Waals surface area contributed by atoms with Gasteiger partial charge >= 0.3 is 23.6 Å². The third-order valence-corrected chi connectivity index (χ3v) is 6.37. The third-order valence-electron chi connectivity index (χ3n) is 6.37. The molecule has 0 saturated carbocycles. The van der Waals surface area contributed by atoms with Gasteiger partial charge in [-0.15, -0.1) is 5.12 Å². The van der Waals surface area contributed by atoms with Crippen molar-refractivity contribution in [3.63, 3.8) is 0 Å². The molecule has 0 spiro atoms. The second kappa shape index (κ2) is 14.1. The first-order chi connectivity index (χ1) is 20.3. The van der Waals surface area contributed by atoms with Gasteiger partial charge in [0.25, 0.3) is 5.91 Å². The summed E-state index contributed by atoms with van der Waals surface area (Å²) in [6, 6.07) is 35.4. The van der Waals surface area contributed by atoms with E-state index in [2.05, 4.69) is 10.7 Å². The first-order valence-electron chi connectivity index (χ1n) is 13.1. The lowest BCUT2D eigenvalue weighted by molar-refractivity contribution is -0.169. The Labute approximate surface area is 242 Å². The third kappa shape index (κ3) is 7.74. The van der Waals surface area contributed by atoms with E-state index < -0.39 is 35.5 Å². The van der Waals surface area contributed by atoms with Crippen LogP contribution in [0.3, 0.4) is 0 Å². The number of nitrogens with zero attached hydrogens (tertiary/aromatic N) is 2. The fourth-order valence-electron chi connectivity index (χ4n) is 4.28. The molecule has 42 heavy (non-hydrogen) atoms. The molecule has 4 N–H and O–H groups in total. The van der Waals surface area contributed by atoms with E-state index in [-0.39, 0.29) is 18.7 Å². The largest absolute Gasteiger partial charge is 0.361 e. The van der Waals surface area contributed by atoms with Crippen molar-refractivity contribution in [3.8, 4) is 0 Å². The minimum absolute atomic E-state index is 0.0778. The Morgan fingerprint density at radius 2 is 1.12 bits per heavy atom. The highest BCUT2D eigenvalue weighted by molar-refractivity contribution is 6.38. The van der Waals surface area contributed by atoms with Crippen LogP contribution in [0.1, 0.15) is 33.0 Å². The predicted molar refractivity (Wildman–Crippen MR) is 155 cm³/mol. The van der Waals surface area contributed by atoms with E-state index in [0.29, 0.717) is 5.56 Å². The Bertz CT molecular complexity index is 1490. The number of hydrogen-bond donors (Lipinski definition) is 3. The molecule has 0 aliphatic carbocycles. The van der Waals surface area contributed by atoms with E-state index in [4.69, 9.17) is 5.73 Å². The molecule has 212 valence electrons. The fourth-order valence-corrected chi connectivity index (χ4v) is 4.28. The molecule has 10 nitrogen and oxygen atoms in total. The lowest BCUT2D eigenvalue weighted by atomic mass is 9.91. The van der Waals surface area contributed by atoms with Crippen molar-refractivity contribution in [3.05, 3.63) is 144 Å². The molecule has 0 bridgehead atoms.